The fourth-order valence-corrected chi connectivity index (χ4v) is 4.74. The Morgan fingerprint density at radius 3 is 2.41 bits per heavy atom. The number of Topliss-reactive ketones (excluding diaryl/α,β-unsaturated/α-hetero) is 2. The van der Waals surface area contributed by atoms with Crippen molar-refractivity contribution in [1.29, 1.82) is 0 Å². The summed E-state index contributed by atoms with van der Waals surface area (Å²) in [4.78, 5) is 39.8. The van der Waals surface area contributed by atoms with Gasteiger partial charge >= 0.3 is 5.97 Å². The largest absolute Gasteiger partial charge is 0.495 e. The van der Waals surface area contributed by atoms with E-state index < -0.39 is 5.97 Å². The molecule has 1 fully saturated rings. The molecule has 0 saturated heterocycles. The van der Waals surface area contributed by atoms with Crippen LogP contribution in [0.5, 0.6) is 5.75 Å². The molecule has 0 spiro atoms. The predicted octanol–water partition coefficient (Wildman–Crippen LogP) is 7.27. The maximum Gasteiger partial charge on any atom is 0.338 e. The van der Waals surface area contributed by atoms with Crippen molar-refractivity contribution in [3.8, 4) is 5.75 Å². The summed E-state index contributed by atoms with van der Waals surface area (Å²) >= 11 is 3.36. The molecular formula is C32H35BrO6. The quantitative estimate of drug-likeness (QED) is 0.0946. The van der Waals surface area contributed by atoms with Crippen molar-refractivity contribution in [3.05, 3.63) is 93.0 Å². The number of carbonyl (C=O) groups excluding carboxylic acids is 3. The van der Waals surface area contributed by atoms with E-state index in [9.17, 15) is 14.4 Å². The van der Waals surface area contributed by atoms with Gasteiger partial charge in [-0.1, -0.05) is 53.2 Å². The zero-order chi connectivity index (χ0) is 28.7. The second-order valence-corrected chi connectivity index (χ2v) is 11.0. The van der Waals surface area contributed by atoms with Gasteiger partial charge in [0.1, 0.15) is 30.3 Å². The third-order valence-corrected chi connectivity index (χ3v) is 7.05. The number of esters is 1. The highest BCUT2D eigenvalue weighted by atomic mass is 79.9. The van der Waals surface area contributed by atoms with Gasteiger partial charge in [0.25, 0.3) is 0 Å². The lowest BCUT2D eigenvalue weighted by molar-refractivity contribution is -0.128. The van der Waals surface area contributed by atoms with Crippen LogP contribution in [0.15, 0.2) is 76.3 Å². The van der Waals surface area contributed by atoms with Crippen molar-refractivity contribution in [2.45, 2.75) is 47.1 Å². The molecule has 0 N–H and O–H groups in total. The van der Waals surface area contributed by atoms with E-state index in [4.69, 9.17) is 14.2 Å². The highest BCUT2D eigenvalue weighted by Gasteiger charge is 2.40. The van der Waals surface area contributed by atoms with Crippen LogP contribution in [0.2, 0.25) is 0 Å². The average Bonchev–Trinajstić information content (AvgIpc) is 2.88. The molecule has 0 aliphatic heterocycles. The second kappa shape index (κ2) is 13.6. The molecule has 0 radical (unpaired) electrons. The number of hydrogen-bond acceptors (Lipinski definition) is 6. The minimum absolute atomic E-state index is 0.0228. The first-order chi connectivity index (χ1) is 18.5. The molecule has 2 aromatic carbocycles. The topological polar surface area (TPSA) is 78.9 Å². The molecule has 1 saturated carbocycles. The summed E-state index contributed by atoms with van der Waals surface area (Å²) in [6.07, 6.45) is 2.80. The van der Waals surface area contributed by atoms with E-state index in [0.29, 0.717) is 28.9 Å². The number of benzene rings is 2. The third kappa shape index (κ3) is 7.57. The van der Waals surface area contributed by atoms with Crippen molar-refractivity contribution in [2.75, 3.05) is 13.7 Å². The molecule has 3 rings (SSSR count). The van der Waals surface area contributed by atoms with Gasteiger partial charge in [0, 0.05) is 22.4 Å². The van der Waals surface area contributed by atoms with Crippen LogP contribution in [0.4, 0.5) is 0 Å². The smallest absolute Gasteiger partial charge is 0.338 e. The van der Waals surface area contributed by atoms with Crippen molar-refractivity contribution in [1.82, 2.24) is 0 Å². The zero-order valence-corrected chi connectivity index (χ0v) is 24.7. The molecule has 6 nitrogen and oxygen atoms in total. The fraction of sp³-hybridized carbons (Fsp3) is 0.344. The standard InChI is InChI=1S/C32H35BrO6/c1-19(2)10-15-25-21(5)16-26(34)29(30(25)35)31(37-6)28-23(8-7-9-27(28)38-17-20(3)4)18-39-32(36)22-11-13-24(33)14-12-22/h7-14,21,25H,3,15-18H2,1-2,4-6H3/b31-29-/t21-,25+/m1/s1. The Labute approximate surface area is 238 Å². The number of ether oxygens (including phenoxy) is 3. The molecule has 0 amide bonds. The first kappa shape index (κ1) is 30.1. The SMILES string of the molecule is C=C(C)COc1cccc(COC(=O)c2ccc(Br)cc2)c1/C(OC)=C1\C(=O)C[C@@H](C)[C@H](CC=C(C)C)C1=O. The van der Waals surface area contributed by atoms with Crippen molar-refractivity contribution < 1.29 is 28.6 Å². The van der Waals surface area contributed by atoms with Crippen molar-refractivity contribution in [2.24, 2.45) is 11.8 Å². The first-order valence-electron chi connectivity index (χ1n) is 12.8. The summed E-state index contributed by atoms with van der Waals surface area (Å²) in [6.45, 7) is 11.7. The average molecular weight is 596 g/mol. The lowest BCUT2D eigenvalue weighted by atomic mass is 9.73. The summed E-state index contributed by atoms with van der Waals surface area (Å²) in [6, 6.07) is 12.1. The molecule has 206 valence electrons. The molecule has 7 heteroatoms. The van der Waals surface area contributed by atoms with Crippen LogP contribution in [0.3, 0.4) is 0 Å². The molecule has 0 heterocycles. The summed E-state index contributed by atoms with van der Waals surface area (Å²) < 4.78 is 18.3. The molecule has 0 unspecified atom stereocenters. The Morgan fingerprint density at radius 2 is 1.79 bits per heavy atom. The number of ketones is 2. The van der Waals surface area contributed by atoms with Crippen LogP contribution < -0.4 is 4.74 Å². The molecule has 1 aliphatic carbocycles. The maximum absolute atomic E-state index is 13.8. The van der Waals surface area contributed by atoms with Crippen LogP contribution in [0, 0.1) is 11.8 Å². The van der Waals surface area contributed by atoms with E-state index >= 15 is 0 Å². The summed E-state index contributed by atoms with van der Waals surface area (Å²) in [7, 11) is 1.43. The van der Waals surface area contributed by atoms with Gasteiger partial charge in [-0.3, -0.25) is 9.59 Å². The predicted molar refractivity (Wildman–Crippen MR) is 155 cm³/mol. The molecular weight excluding hydrogens is 560 g/mol. The minimum Gasteiger partial charge on any atom is -0.495 e. The monoisotopic (exact) mass is 594 g/mol. The highest BCUT2D eigenvalue weighted by molar-refractivity contribution is 9.10. The Hall–Kier alpha value is -3.45. The summed E-state index contributed by atoms with van der Waals surface area (Å²) in [5.41, 5.74) is 3.28. The number of methoxy groups -OCH3 is 1. The van der Waals surface area contributed by atoms with Gasteiger partial charge in [0.2, 0.25) is 0 Å². The van der Waals surface area contributed by atoms with Crippen LogP contribution in [-0.4, -0.2) is 31.3 Å². The zero-order valence-electron chi connectivity index (χ0n) is 23.1. The second-order valence-electron chi connectivity index (χ2n) is 10.1. The Kier molecular flexibility index (Phi) is 10.5. The van der Waals surface area contributed by atoms with E-state index in [1.54, 1.807) is 42.5 Å². The number of halogens is 1. The van der Waals surface area contributed by atoms with Gasteiger partial charge < -0.3 is 14.2 Å². The molecule has 1 aliphatic rings. The molecule has 2 aromatic rings. The molecule has 0 aromatic heterocycles. The van der Waals surface area contributed by atoms with Gasteiger partial charge in [-0.2, -0.15) is 0 Å². The lowest BCUT2D eigenvalue weighted by Crippen LogP contribution is -2.35. The fourth-order valence-electron chi connectivity index (χ4n) is 4.48. The number of allylic oxidation sites excluding steroid dienone is 3. The van der Waals surface area contributed by atoms with Gasteiger partial charge in [-0.15, -0.1) is 0 Å². The minimum atomic E-state index is -0.506. The van der Waals surface area contributed by atoms with E-state index in [1.807, 2.05) is 33.8 Å². The normalized spacial score (nSPS) is 18.3. The molecule has 2 atom stereocenters. The van der Waals surface area contributed by atoms with Crippen LogP contribution in [-0.2, 0) is 25.7 Å². The summed E-state index contributed by atoms with van der Waals surface area (Å²) in [5, 5.41) is 0. The van der Waals surface area contributed by atoms with E-state index in [-0.39, 0.29) is 54.4 Å². The number of carbonyl (C=O) groups is 3. The lowest BCUT2D eigenvalue weighted by Gasteiger charge is -2.29. The van der Waals surface area contributed by atoms with Gasteiger partial charge in [-0.05, 0) is 69.0 Å². The Bertz CT molecular complexity index is 1310. The van der Waals surface area contributed by atoms with Gasteiger partial charge in [0.05, 0.1) is 18.2 Å². The first-order valence-corrected chi connectivity index (χ1v) is 13.6. The van der Waals surface area contributed by atoms with Crippen LogP contribution in [0.25, 0.3) is 5.76 Å². The maximum atomic E-state index is 13.8. The Morgan fingerprint density at radius 1 is 1.10 bits per heavy atom. The van der Waals surface area contributed by atoms with E-state index in [0.717, 1.165) is 15.6 Å². The van der Waals surface area contributed by atoms with Gasteiger partial charge in [0.15, 0.2) is 11.6 Å². The summed E-state index contributed by atoms with van der Waals surface area (Å²) in [5.74, 6) is -0.936. The third-order valence-electron chi connectivity index (χ3n) is 6.52. The van der Waals surface area contributed by atoms with E-state index in [2.05, 4.69) is 22.5 Å². The molecule has 39 heavy (non-hydrogen) atoms. The van der Waals surface area contributed by atoms with Gasteiger partial charge in [-0.25, -0.2) is 4.79 Å². The highest BCUT2D eigenvalue weighted by Crippen LogP contribution is 2.39. The number of hydrogen-bond donors (Lipinski definition) is 0. The Balaban J connectivity index is 2.09. The van der Waals surface area contributed by atoms with Crippen LogP contribution in [0.1, 0.15) is 62.0 Å². The van der Waals surface area contributed by atoms with Crippen molar-refractivity contribution >= 4 is 39.2 Å². The van der Waals surface area contributed by atoms with Crippen molar-refractivity contribution in [3.63, 3.8) is 0 Å². The number of rotatable bonds is 10. The van der Waals surface area contributed by atoms with E-state index in [1.165, 1.54) is 7.11 Å². The van der Waals surface area contributed by atoms with Crippen LogP contribution >= 0.6 is 15.9 Å². The molecule has 0 bridgehead atoms.